The van der Waals surface area contributed by atoms with E-state index in [2.05, 4.69) is 23.5 Å². The fraction of sp³-hybridized carbons (Fsp3) is 0.800. The Labute approximate surface area is 104 Å². The lowest BCUT2D eigenvalue weighted by Gasteiger charge is -2.28. The van der Waals surface area contributed by atoms with E-state index in [4.69, 9.17) is 0 Å². The van der Waals surface area contributed by atoms with E-state index in [9.17, 15) is 8.42 Å². The third-order valence-corrected chi connectivity index (χ3v) is 4.03. The molecule has 96 valence electrons. The minimum absolute atomic E-state index is 0. The van der Waals surface area contributed by atoms with Crippen LogP contribution in [0.25, 0.3) is 0 Å². The normalized spacial score (nSPS) is 25.8. The van der Waals surface area contributed by atoms with Crippen molar-refractivity contribution in [2.45, 2.75) is 38.3 Å². The highest BCUT2D eigenvalue weighted by atomic mass is 35.5. The van der Waals surface area contributed by atoms with Crippen LogP contribution < -0.4 is 10.0 Å². The Bertz CT molecular complexity index is 306. The summed E-state index contributed by atoms with van der Waals surface area (Å²) in [5.41, 5.74) is 0. The van der Waals surface area contributed by atoms with E-state index in [1.165, 1.54) is 0 Å². The molecule has 2 atom stereocenters. The zero-order chi connectivity index (χ0) is 11.3. The van der Waals surface area contributed by atoms with Gasteiger partial charge in [0.2, 0.25) is 10.0 Å². The molecule has 0 bridgehead atoms. The van der Waals surface area contributed by atoms with Crippen molar-refractivity contribution in [2.75, 3.05) is 12.3 Å². The molecular formula is C10H21ClN2O2S. The summed E-state index contributed by atoms with van der Waals surface area (Å²) < 4.78 is 25.9. The molecule has 4 nitrogen and oxygen atoms in total. The highest BCUT2D eigenvalue weighted by Crippen LogP contribution is 2.09. The van der Waals surface area contributed by atoms with Gasteiger partial charge >= 0.3 is 0 Å². The largest absolute Gasteiger partial charge is 0.314 e. The first-order chi connectivity index (χ1) is 7.03. The van der Waals surface area contributed by atoms with E-state index in [1.807, 2.05) is 0 Å². The molecule has 2 N–H and O–H groups in total. The summed E-state index contributed by atoms with van der Waals surface area (Å²) >= 11 is 0. The van der Waals surface area contributed by atoms with Crippen LogP contribution in [0.4, 0.5) is 0 Å². The second kappa shape index (κ2) is 7.27. The van der Waals surface area contributed by atoms with E-state index in [1.54, 1.807) is 6.08 Å². The molecule has 0 aromatic carbocycles. The predicted octanol–water partition coefficient (Wildman–Crippen LogP) is 1.04. The minimum atomic E-state index is -3.12. The lowest BCUT2D eigenvalue weighted by atomic mass is 10.0. The molecule has 6 heteroatoms. The van der Waals surface area contributed by atoms with Crippen molar-refractivity contribution in [1.29, 1.82) is 0 Å². The Morgan fingerprint density at radius 2 is 2.25 bits per heavy atom. The Morgan fingerprint density at radius 3 is 2.81 bits per heavy atom. The monoisotopic (exact) mass is 268 g/mol. The lowest BCUT2D eigenvalue weighted by molar-refractivity contribution is 0.361. The topological polar surface area (TPSA) is 58.2 Å². The SMILES string of the molecule is C=CCCS(=O)(=O)NC1CCNC(C)C1.Cl. The first kappa shape index (κ1) is 15.9. The van der Waals surface area contributed by atoms with E-state index in [0.29, 0.717) is 12.5 Å². The van der Waals surface area contributed by atoms with Gasteiger partial charge in [0.25, 0.3) is 0 Å². The van der Waals surface area contributed by atoms with Crippen LogP contribution in [0, 0.1) is 0 Å². The maximum absolute atomic E-state index is 11.6. The van der Waals surface area contributed by atoms with Crippen molar-refractivity contribution in [3.63, 3.8) is 0 Å². The zero-order valence-corrected chi connectivity index (χ0v) is 11.2. The van der Waals surface area contributed by atoms with E-state index >= 15 is 0 Å². The van der Waals surface area contributed by atoms with Crippen LogP contribution in [0.2, 0.25) is 0 Å². The summed E-state index contributed by atoms with van der Waals surface area (Å²) in [4.78, 5) is 0. The molecule has 1 aliphatic rings. The molecule has 1 saturated heterocycles. The van der Waals surface area contributed by atoms with Gasteiger partial charge in [-0.25, -0.2) is 13.1 Å². The van der Waals surface area contributed by atoms with Crippen LogP contribution in [-0.2, 0) is 10.0 Å². The van der Waals surface area contributed by atoms with Crippen molar-refractivity contribution < 1.29 is 8.42 Å². The number of piperidine rings is 1. The fourth-order valence-corrected chi connectivity index (χ4v) is 3.11. The summed E-state index contributed by atoms with van der Waals surface area (Å²) in [5, 5.41) is 3.29. The molecular weight excluding hydrogens is 248 g/mol. The fourth-order valence-electron chi connectivity index (χ4n) is 1.79. The Balaban J connectivity index is 0.00000225. The molecule has 1 heterocycles. The molecule has 0 amide bonds. The molecule has 1 rings (SSSR count). The van der Waals surface area contributed by atoms with Gasteiger partial charge < -0.3 is 5.32 Å². The summed E-state index contributed by atoms with van der Waals surface area (Å²) in [6.45, 7) is 6.48. The van der Waals surface area contributed by atoms with Crippen LogP contribution in [0.3, 0.4) is 0 Å². The summed E-state index contributed by atoms with van der Waals surface area (Å²) in [6.07, 6.45) is 3.88. The Hall–Kier alpha value is -0.100. The molecule has 0 aromatic rings. The molecule has 0 radical (unpaired) electrons. The van der Waals surface area contributed by atoms with Gasteiger partial charge in [0.05, 0.1) is 5.75 Å². The highest BCUT2D eigenvalue weighted by molar-refractivity contribution is 7.89. The first-order valence-corrected chi connectivity index (χ1v) is 7.03. The molecule has 0 aromatic heterocycles. The van der Waals surface area contributed by atoms with Gasteiger partial charge in [0.1, 0.15) is 0 Å². The number of hydrogen-bond acceptors (Lipinski definition) is 3. The van der Waals surface area contributed by atoms with Crippen molar-refractivity contribution in [2.24, 2.45) is 0 Å². The van der Waals surface area contributed by atoms with Crippen molar-refractivity contribution in [3.8, 4) is 0 Å². The summed E-state index contributed by atoms with van der Waals surface area (Å²) in [7, 11) is -3.12. The highest BCUT2D eigenvalue weighted by Gasteiger charge is 2.22. The van der Waals surface area contributed by atoms with Crippen molar-refractivity contribution in [1.82, 2.24) is 10.0 Å². The number of rotatable bonds is 5. The van der Waals surface area contributed by atoms with Crippen molar-refractivity contribution in [3.05, 3.63) is 12.7 Å². The number of allylic oxidation sites excluding steroid dienone is 1. The molecule has 0 saturated carbocycles. The van der Waals surface area contributed by atoms with E-state index in [0.717, 1.165) is 19.4 Å². The van der Waals surface area contributed by atoms with Gasteiger partial charge in [-0.2, -0.15) is 0 Å². The van der Waals surface area contributed by atoms with Gasteiger partial charge in [0, 0.05) is 12.1 Å². The maximum Gasteiger partial charge on any atom is 0.212 e. The smallest absolute Gasteiger partial charge is 0.212 e. The second-order valence-electron chi connectivity index (χ2n) is 4.09. The Kier molecular flexibility index (Phi) is 7.22. The van der Waals surface area contributed by atoms with Crippen LogP contribution >= 0.6 is 12.4 Å². The molecule has 1 fully saturated rings. The molecule has 0 aliphatic carbocycles. The minimum Gasteiger partial charge on any atom is -0.314 e. The number of hydrogen-bond donors (Lipinski definition) is 2. The average Bonchev–Trinajstić information content (AvgIpc) is 2.14. The standard InChI is InChI=1S/C10H20N2O2S.ClH/c1-3-4-7-15(13,14)12-10-5-6-11-9(2)8-10;/h3,9-12H,1,4-8H2,2H3;1H. The van der Waals surface area contributed by atoms with Crippen LogP contribution in [0.5, 0.6) is 0 Å². The van der Waals surface area contributed by atoms with Gasteiger partial charge in [-0.3, -0.25) is 0 Å². The van der Waals surface area contributed by atoms with Crippen LogP contribution in [-0.4, -0.2) is 32.8 Å². The quantitative estimate of drug-likeness (QED) is 0.733. The molecule has 0 spiro atoms. The summed E-state index contributed by atoms with van der Waals surface area (Å²) in [6, 6.07) is 0.488. The van der Waals surface area contributed by atoms with E-state index < -0.39 is 10.0 Å². The summed E-state index contributed by atoms with van der Waals surface area (Å²) in [5.74, 6) is 0.148. The van der Waals surface area contributed by atoms with Crippen molar-refractivity contribution >= 4 is 22.4 Å². The van der Waals surface area contributed by atoms with Gasteiger partial charge in [0.15, 0.2) is 0 Å². The third-order valence-electron chi connectivity index (χ3n) is 2.56. The number of sulfonamides is 1. The maximum atomic E-state index is 11.6. The average molecular weight is 269 g/mol. The van der Waals surface area contributed by atoms with Gasteiger partial charge in [-0.05, 0) is 32.7 Å². The number of nitrogens with one attached hydrogen (secondary N) is 2. The predicted molar refractivity (Wildman–Crippen MR) is 69.5 cm³/mol. The van der Waals surface area contributed by atoms with Gasteiger partial charge in [-0.15, -0.1) is 19.0 Å². The third kappa shape index (κ3) is 5.84. The zero-order valence-electron chi connectivity index (χ0n) is 9.61. The second-order valence-corrected chi connectivity index (χ2v) is 5.96. The molecule has 16 heavy (non-hydrogen) atoms. The molecule has 2 unspecified atom stereocenters. The first-order valence-electron chi connectivity index (χ1n) is 5.38. The van der Waals surface area contributed by atoms with Gasteiger partial charge in [-0.1, -0.05) is 6.08 Å². The lowest BCUT2D eigenvalue weighted by Crippen LogP contribution is -2.47. The van der Waals surface area contributed by atoms with Crippen LogP contribution in [0.1, 0.15) is 26.2 Å². The van der Waals surface area contributed by atoms with Crippen LogP contribution in [0.15, 0.2) is 12.7 Å². The number of halogens is 1. The van der Waals surface area contributed by atoms with E-state index in [-0.39, 0.29) is 24.2 Å². The Morgan fingerprint density at radius 1 is 1.56 bits per heavy atom. The molecule has 1 aliphatic heterocycles.